The Morgan fingerprint density at radius 2 is 1.81 bits per heavy atom. The molecule has 2 aromatic carbocycles. The molecule has 0 atom stereocenters. The summed E-state index contributed by atoms with van der Waals surface area (Å²) in [5.74, 6) is 0.341. The van der Waals surface area contributed by atoms with Gasteiger partial charge in [-0.15, -0.1) is 0 Å². The van der Waals surface area contributed by atoms with E-state index in [1.54, 1.807) is 37.3 Å². The van der Waals surface area contributed by atoms with Crippen LogP contribution in [0.2, 0.25) is 10.0 Å². The van der Waals surface area contributed by atoms with Gasteiger partial charge in [0.2, 0.25) is 11.8 Å². The molecular formula is C20H22Cl2N2O3. The summed E-state index contributed by atoms with van der Waals surface area (Å²) in [7, 11) is 0. The number of anilines is 2. The summed E-state index contributed by atoms with van der Waals surface area (Å²) < 4.78 is 5.57. The molecule has 0 saturated carbocycles. The molecule has 0 aromatic heterocycles. The summed E-state index contributed by atoms with van der Waals surface area (Å²) in [5.41, 5.74) is 2.27. The van der Waals surface area contributed by atoms with Gasteiger partial charge in [0.25, 0.3) is 0 Å². The number of hydrogen-bond donors (Lipinski definition) is 2. The third kappa shape index (κ3) is 6.77. The molecule has 0 aliphatic heterocycles. The highest BCUT2D eigenvalue weighted by atomic mass is 35.5. The molecule has 0 spiro atoms. The van der Waals surface area contributed by atoms with E-state index in [9.17, 15) is 9.59 Å². The van der Waals surface area contributed by atoms with E-state index in [0.717, 1.165) is 5.56 Å². The molecule has 2 aromatic rings. The number of ether oxygens (including phenoxy) is 1. The van der Waals surface area contributed by atoms with Crippen LogP contribution in [0.3, 0.4) is 0 Å². The molecule has 0 unspecified atom stereocenters. The van der Waals surface area contributed by atoms with Gasteiger partial charge in [-0.2, -0.15) is 0 Å². The number of nitrogens with one attached hydrogen (secondary N) is 2. The molecule has 2 N–H and O–H groups in total. The Kier molecular flexibility index (Phi) is 7.95. The molecule has 2 amide bonds. The molecule has 0 aliphatic rings. The van der Waals surface area contributed by atoms with Crippen molar-refractivity contribution in [3.8, 4) is 5.75 Å². The standard InChI is InChI=1S/C20H22Cl2N2O3/c1-3-19(25)24-17-12-15(8-6-13(17)2)23-20(26)5-4-10-27-18-9-7-14(21)11-16(18)22/h6-9,11-12H,3-5,10H2,1-2H3,(H,23,26)(H,24,25). The maximum absolute atomic E-state index is 12.1. The van der Waals surface area contributed by atoms with Gasteiger partial charge in [0, 0.05) is 29.2 Å². The van der Waals surface area contributed by atoms with Crippen molar-refractivity contribution in [3.05, 3.63) is 52.0 Å². The van der Waals surface area contributed by atoms with Gasteiger partial charge in [0.15, 0.2) is 0 Å². The van der Waals surface area contributed by atoms with E-state index < -0.39 is 0 Å². The van der Waals surface area contributed by atoms with Crippen molar-refractivity contribution in [2.75, 3.05) is 17.2 Å². The van der Waals surface area contributed by atoms with Crippen LogP contribution in [0.1, 0.15) is 31.7 Å². The number of rotatable bonds is 8. The van der Waals surface area contributed by atoms with E-state index in [0.29, 0.717) is 53.0 Å². The number of hydrogen-bond acceptors (Lipinski definition) is 3. The molecule has 0 heterocycles. The van der Waals surface area contributed by atoms with Crippen molar-refractivity contribution >= 4 is 46.4 Å². The second kappa shape index (κ2) is 10.2. The van der Waals surface area contributed by atoms with E-state index in [-0.39, 0.29) is 11.8 Å². The van der Waals surface area contributed by atoms with Crippen LogP contribution in [-0.2, 0) is 9.59 Å². The molecule has 27 heavy (non-hydrogen) atoms. The van der Waals surface area contributed by atoms with Gasteiger partial charge < -0.3 is 15.4 Å². The minimum atomic E-state index is -0.127. The Balaban J connectivity index is 1.81. The number of benzene rings is 2. The van der Waals surface area contributed by atoms with Crippen LogP contribution in [0.4, 0.5) is 11.4 Å². The topological polar surface area (TPSA) is 67.4 Å². The van der Waals surface area contributed by atoms with Gasteiger partial charge in [0.05, 0.1) is 11.6 Å². The first kappa shape index (κ1) is 21.1. The molecule has 7 heteroatoms. The lowest BCUT2D eigenvalue weighted by Crippen LogP contribution is -2.14. The first-order valence-electron chi connectivity index (χ1n) is 8.67. The SMILES string of the molecule is CCC(=O)Nc1cc(NC(=O)CCCOc2ccc(Cl)cc2Cl)ccc1C. The lowest BCUT2D eigenvalue weighted by molar-refractivity contribution is -0.117. The monoisotopic (exact) mass is 408 g/mol. The van der Waals surface area contributed by atoms with Crippen LogP contribution in [0, 0.1) is 6.92 Å². The predicted molar refractivity (Wildman–Crippen MR) is 110 cm³/mol. The zero-order valence-electron chi connectivity index (χ0n) is 15.3. The average molecular weight is 409 g/mol. The first-order valence-corrected chi connectivity index (χ1v) is 9.43. The summed E-state index contributed by atoms with van der Waals surface area (Å²) in [6.07, 6.45) is 1.24. The van der Waals surface area contributed by atoms with Gasteiger partial charge in [0.1, 0.15) is 5.75 Å². The van der Waals surface area contributed by atoms with Crippen LogP contribution in [0.25, 0.3) is 0 Å². The third-order valence-electron chi connectivity index (χ3n) is 3.82. The first-order chi connectivity index (χ1) is 12.9. The lowest BCUT2D eigenvalue weighted by Gasteiger charge is -2.11. The van der Waals surface area contributed by atoms with Crippen molar-refractivity contribution in [1.82, 2.24) is 0 Å². The summed E-state index contributed by atoms with van der Waals surface area (Å²) in [6.45, 7) is 4.05. The van der Waals surface area contributed by atoms with Crippen LogP contribution in [0.5, 0.6) is 5.75 Å². The summed E-state index contributed by atoms with van der Waals surface area (Å²) in [4.78, 5) is 23.7. The molecular weight excluding hydrogens is 387 g/mol. The average Bonchev–Trinajstić information content (AvgIpc) is 2.63. The Morgan fingerprint density at radius 3 is 2.52 bits per heavy atom. The zero-order chi connectivity index (χ0) is 19.8. The summed E-state index contributed by atoms with van der Waals surface area (Å²) >= 11 is 11.9. The largest absolute Gasteiger partial charge is 0.492 e. The highest BCUT2D eigenvalue weighted by Crippen LogP contribution is 2.27. The van der Waals surface area contributed by atoms with E-state index in [1.807, 2.05) is 13.0 Å². The van der Waals surface area contributed by atoms with Crippen molar-refractivity contribution in [2.24, 2.45) is 0 Å². The summed E-state index contributed by atoms with van der Waals surface area (Å²) in [5, 5.41) is 6.63. The number of carbonyl (C=O) groups excluding carboxylic acids is 2. The van der Waals surface area contributed by atoms with Crippen LogP contribution in [-0.4, -0.2) is 18.4 Å². The van der Waals surface area contributed by atoms with Gasteiger partial charge >= 0.3 is 0 Å². The Hall–Kier alpha value is -2.24. The fourth-order valence-corrected chi connectivity index (χ4v) is 2.77. The molecule has 0 fully saturated rings. The predicted octanol–water partition coefficient (Wildman–Crippen LogP) is 5.45. The quantitative estimate of drug-likeness (QED) is 0.570. The molecule has 5 nitrogen and oxygen atoms in total. The second-order valence-corrected chi connectivity index (χ2v) is 6.85. The molecule has 0 bridgehead atoms. The van der Waals surface area contributed by atoms with Crippen LogP contribution >= 0.6 is 23.2 Å². The molecule has 0 aliphatic carbocycles. The second-order valence-electron chi connectivity index (χ2n) is 6.01. The Bertz CT molecular complexity index is 825. The van der Waals surface area contributed by atoms with Gasteiger partial charge in [-0.1, -0.05) is 36.2 Å². The van der Waals surface area contributed by atoms with Crippen molar-refractivity contribution in [2.45, 2.75) is 33.1 Å². The molecule has 0 saturated heterocycles. The number of carbonyl (C=O) groups is 2. The van der Waals surface area contributed by atoms with Crippen LogP contribution in [0.15, 0.2) is 36.4 Å². The van der Waals surface area contributed by atoms with E-state index in [4.69, 9.17) is 27.9 Å². The molecule has 144 valence electrons. The fourth-order valence-electron chi connectivity index (χ4n) is 2.30. The number of amides is 2. The fraction of sp³-hybridized carbons (Fsp3) is 0.300. The minimum absolute atomic E-state index is 0.0698. The maximum atomic E-state index is 12.1. The third-order valence-corrected chi connectivity index (χ3v) is 4.35. The van der Waals surface area contributed by atoms with Gasteiger partial charge in [-0.05, 0) is 49.2 Å². The lowest BCUT2D eigenvalue weighted by atomic mass is 10.1. The Labute approximate surface area is 169 Å². The number of halogens is 2. The summed E-state index contributed by atoms with van der Waals surface area (Å²) in [6, 6.07) is 10.4. The minimum Gasteiger partial charge on any atom is -0.492 e. The van der Waals surface area contributed by atoms with Gasteiger partial charge in [-0.25, -0.2) is 0 Å². The zero-order valence-corrected chi connectivity index (χ0v) is 16.8. The van der Waals surface area contributed by atoms with Gasteiger partial charge in [-0.3, -0.25) is 9.59 Å². The van der Waals surface area contributed by atoms with Crippen molar-refractivity contribution in [3.63, 3.8) is 0 Å². The van der Waals surface area contributed by atoms with E-state index >= 15 is 0 Å². The Morgan fingerprint density at radius 1 is 1.04 bits per heavy atom. The van der Waals surface area contributed by atoms with Crippen molar-refractivity contribution < 1.29 is 14.3 Å². The van der Waals surface area contributed by atoms with E-state index in [1.165, 1.54) is 0 Å². The number of aryl methyl sites for hydroxylation is 1. The molecule has 0 radical (unpaired) electrons. The van der Waals surface area contributed by atoms with Crippen LogP contribution < -0.4 is 15.4 Å². The highest BCUT2D eigenvalue weighted by Gasteiger charge is 2.08. The molecule has 2 rings (SSSR count). The highest BCUT2D eigenvalue weighted by molar-refractivity contribution is 6.35. The smallest absolute Gasteiger partial charge is 0.224 e. The van der Waals surface area contributed by atoms with E-state index in [2.05, 4.69) is 10.6 Å². The van der Waals surface area contributed by atoms with Crippen molar-refractivity contribution in [1.29, 1.82) is 0 Å². The maximum Gasteiger partial charge on any atom is 0.224 e. The normalized spacial score (nSPS) is 10.4.